The summed E-state index contributed by atoms with van der Waals surface area (Å²) in [5, 5.41) is 6.52. The molecule has 20 heteroatoms. The Morgan fingerprint density at radius 2 is 1.56 bits per heavy atom. The van der Waals surface area contributed by atoms with E-state index in [9.17, 15) is 40.7 Å². The lowest BCUT2D eigenvalue weighted by Gasteiger charge is -2.35. The van der Waals surface area contributed by atoms with Gasteiger partial charge in [-0.1, -0.05) is 19.6 Å². The van der Waals surface area contributed by atoms with Crippen molar-refractivity contribution in [2.24, 2.45) is 0 Å². The van der Waals surface area contributed by atoms with Gasteiger partial charge in [0.05, 0.1) is 17.4 Å². The van der Waals surface area contributed by atoms with Crippen LogP contribution in [0.1, 0.15) is 18.1 Å². The summed E-state index contributed by atoms with van der Waals surface area (Å²) < 4.78 is 86.3. The van der Waals surface area contributed by atoms with Gasteiger partial charge in [-0.3, -0.25) is 9.59 Å². The van der Waals surface area contributed by atoms with Crippen molar-refractivity contribution < 1.29 is 40.7 Å². The van der Waals surface area contributed by atoms with Gasteiger partial charge in [0, 0.05) is 78.9 Å². The van der Waals surface area contributed by atoms with E-state index in [0.717, 1.165) is 12.2 Å². The van der Waals surface area contributed by atoms with Gasteiger partial charge in [-0.05, 0) is 13.0 Å². The standard InChI is InChI=1S/C28H39F6N9O4Si/c1-19(38-21-15-37-43(18-47-11-12-48(2,3)4)24(45)23(21)28(32,33)34)16-41-9-10-42(26(41)46)17-22(44)39-5-7-40(8-6-39)25-35-13-20(14-36-25)27(29,30)31/h13-15,19,38H,5-12,16-18H2,1-4H3/t19-/m0/s1. The molecular weight excluding hydrogens is 668 g/mol. The fourth-order valence-corrected chi connectivity index (χ4v) is 5.89. The summed E-state index contributed by atoms with van der Waals surface area (Å²) in [4.78, 5) is 52.2. The number of carbonyl (C=O) groups excluding carboxylic acids is 2. The molecule has 266 valence electrons. The number of hydrogen-bond donors (Lipinski definition) is 1. The molecule has 1 N–H and O–H groups in total. The van der Waals surface area contributed by atoms with Crippen molar-refractivity contribution in [1.29, 1.82) is 0 Å². The smallest absolute Gasteiger partial charge is 0.379 e. The van der Waals surface area contributed by atoms with Gasteiger partial charge in [0.25, 0.3) is 5.56 Å². The molecule has 4 rings (SSSR count). The van der Waals surface area contributed by atoms with E-state index in [4.69, 9.17) is 4.74 Å². The van der Waals surface area contributed by atoms with Crippen LogP contribution in [0.25, 0.3) is 0 Å². The molecule has 2 aliphatic rings. The van der Waals surface area contributed by atoms with Crippen molar-refractivity contribution in [1.82, 2.24) is 34.4 Å². The Kier molecular flexibility index (Phi) is 11.3. The van der Waals surface area contributed by atoms with Crippen molar-refractivity contribution in [3.05, 3.63) is 40.1 Å². The van der Waals surface area contributed by atoms with E-state index in [0.29, 0.717) is 23.7 Å². The number of amides is 3. The van der Waals surface area contributed by atoms with E-state index in [2.05, 4.69) is 40.0 Å². The molecule has 0 radical (unpaired) electrons. The fourth-order valence-electron chi connectivity index (χ4n) is 5.13. The number of anilines is 2. The molecule has 0 bridgehead atoms. The molecule has 13 nitrogen and oxygen atoms in total. The predicted octanol–water partition coefficient (Wildman–Crippen LogP) is 3.27. The minimum atomic E-state index is -4.97. The van der Waals surface area contributed by atoms with Gasteiger partial charge in [0.15, 0.2) is 0 Å². The summed E-state index contributed by atoms with van der Waals surface area (Å²) in [5.41, 5.74) is -4.24. The van der Waals surface area contributed by atoms with E-state index < -0.39 is 61.6 Å². The normalized spacial score (nSPS) is 16.9. The van der Waals surface area contributed by atoms with Crippen LogP contribution in [-0.2, 0) is 28.6 Å². The van der Waals surface area contributed by atoms with Crippen LogP contribution in [0.15, 0.2) is 23.4 Å². The van der Waals surface area contributed by atoms with Crippen LogP contribution in [0.2, 0.25) is 25.7 Å². The monoisotopic (exact) mass is 707 g/mol. The molecule has 2 aromatic heterocycles. The lowest BCUT2D eigenvalue weighted by Crippen LogP contribution is -2.52. The zero-order valence-electron chi connectivity index (χ0n) is 27.1. The van der Waals surface area contributed by atoms with Crippen LogP contribution in [0.5, 0.6) is 0 Å². The van der Waals surface area contributed by atoms with Gasteiger partial charge >= 0.3 is 18.4 Å². The number of hydrogen-bond acceptors (Lipinski definition) is 9. The first-order valence-corrected chi connectivity index (χ1v) is 19.0. The number of halogens is 6. The second-order valence-electron chi connectivity index (χ2n) is 12.9. The first kappa shape index (κ1) is 36.9. The number of ether oxygens (including phenoxy) is 1. The van der Waals surface area contributed by atoms with Gasteiger partial charge < -0.3 is 29.7 Å². The van der Waals surface area contributed by atoms with E-state index >= 15 is 0 Å². The third-order valence-electron chi connectivity index (χ3n) is 7.82. The largest absolute Gasteiger partial charge is 0.423 e. The Bertz CT molecular complexity index is 1490. The van der Waals surface area contributed by atoms with Crippen molar-refractivity contribution in [3.8, 4) is 0 Å². The van der Waals surface area contributed by atoms with Crippen LogP contribution in [0.4, 0.5) is 42.8 Å². The van der Waals surface area contributed by atoms with Crippen molar-refractivity contribution in [2.45, 2.75) is 57.7 Å². The molecule has 0 aromatic carbocycles. The first-order chi connectivity index (χ1) is 22.3. The minimum absolute atomic E-state index is 0.00445. The van der Waals surface area contributed by atoms with Gasteiger partial charge in [-0.2, -0.15) is 31.4 Å². The van der Waals surface area contributed by atoms with Crippen LogP contribution in [0, 0.1) is 0 Å². The molecule has 2 fully saturated rings. The quantitative estimate of drug-likeness (QED) is 0.201. The van der Waals surface area contributed by atoms with E-state index in [1.165, 1.54) is 14.7 Å². The molecule has 2 saturated heterocycles. The maximum Gasteiger partial charge on any atom is 0.423 e. The average molecular weight is 708 g/mol. The maximum absolute atomic E-state index is 14.0. The van der Waals surface area contributed by atoms with Crippen molar-refractivity contribution in [3.63, 3.8) is 0 Å². The second-order valence-corrected chi connectivity index (χ2v) is 18.5. The topological polar surface area (TPSA) is 129 Å². The highest BCUT2D eigenvalue weighted by Crippen LogP contribution is 2.32. The molecule has 2 aromatic rings. The van der Waals surface area contributed by atoms with Crippen LogP contribution < -0.4 is 15.8 Å². The van der Waals surface area contributed by atoms with Crippen LogP contribution in [-0.4, -0.2) is 119 Å². The molecule has 1 atom stereocenters. The highest BCUT2D eigenvalue weighted by Gasteiger charge is 2.39. The zero-order chi connectivity index (χ0) is 35.4. The summed E-state index contributed by atoms with van der Waals surface area (Å²) >= 11 is 0. The molecule has 0 spiro atoms. The first-order valence-electron chi connectivity index (χ1n) is 15.3. The van der Waals surface area contributed by atoms with Gasteiger partial charge in [-0.15, -0.1) is 0 Å². The SMILES string of the molecule is C[C@@H](CN1CCN(CC(=O)N2CCN(c3ncc(C(F)(F)F)cn3)CC2)C1=O)Nc1cnn(COCC[Si](C)(C)C)c(=O)c1C(F)(F)F. The molecule has 0 saturated carbocycles. The third-order valence-corrected chi connectivity index (χ3v) is 9.53. The summed E-state index contributed by atoms with van der Waals surface area (Å²) in [5.74, 6) is -0.209. The highest BCUT2D eigenvalue weighted by molar-refractivity contribution is 6.76. The zero-order valence-corrected chi connectivity index (χ0v) is 28.1. The van der Waals surface area contributed by atoms with Crippen LogP contribution >= 0.6 is 0 Å². The number of rotatable bonds is 12. The van der Waals surface area contributed by atoms with Crippen molar-refractivity contribution >= 4 is 31.6 Å². The molecule has 0 unspecified atom stereocenters. The molecule has 4 heterocycles. The summed E-state index contributed by atoms with van der Waals surface area (Å²) in [6.45, 7) is 9.10. The molecule has 2 aliphatic heterocycles. The number of nitrogens with zero attached hydrogens (tertiary/aromatic N) is 8. The fraction of sp³-hybridized carbons (Fsp3) is 0.643. The second kappa shape index (κ2) is 14.7. The van der Waals surface area contributed by atoms with E-state index in [-0.39, 0.29) is 64.2 Å². The predicted molar refractivity (Wildman–Crippen MR) is 165 cm³/mol. The lowest BCUT2D eigenvalue weighted by atomic mass is 10.2. The maximum atomic E-state index is 14.0. The highest BCUT2D eigenvalue weighted by atomic mass is 28.3. The van der Waals surface area contributed by atoms with Crippen LogP contribution in [0.3, 0.4) is 0 Å². The van der Waals surface area contributed by atoms with Crippen molar-refractivity contribution in [2.75, 3.05) is 69.2 Å². The Morgan fingerprint density at radius 3 is 2.15 bits per heavy atom. The van der Waals surface area contributed by atoms with Gasteiger partial charge in [0.2, 0.25) is 11.9 Å². The summed E-state index contributed by atoms with van der Waals surface area (Å²) in [6.07, 6.45) is -7.20. The summed E-state index contributed by atoms with van der Waals surface area (Å²) in [6, 6.07) is -0.405. The average Bonchev–Trinajstić information content (AvgIpc) is 3.32. The Hall–Kier alpha value is -3.94. The molecule has 3 amide bonds. The molecule has 0 aliphatic carbocycles. The number of piperazine rings is 1. The lowest BCUT2D eigenvalue weighted by molar-refractivity contribution is -0.139. The number of urea groups is 1. The Balaban J connectivity index is 1.28. The van der Waals surface area contributed by atoms with Gasteiger partial charge in [-0.25, -0.2) is 19.4 Å². The Morgan fingerprint density at radius 1 is 0.938 bits per heavy atom. The number of alkyl halides is 6. The third kappa shape index (κ3) is 9.57. The number of carbonyl (C=O) groups is 2. The summed E-state index contributed by atoms with van der Waals surface area (Å²) in [7, 11) is -1.44. The number of aromatic nitrogens is 4. The van der Waals surface area contributed by atoms with E-state index in [1.807, 2.05) is 0 Å². The Labute approximate surface area is 273 Å². The minimum Gasteiger partial charge on any atom is -0.379 e. The van der Waals surface area contributed by atoms with E-state index in [1.54, 1.807) is 11.8 Å². The number of nitrogens with one attached hydrogen (secondary N) is 1. The molecular formula is C28H39F6N9O4Si. The molecule has 48 heavy (non-hydrogen) atoms. The van der Waals surface area contributed by atoms with Gasteiger partial charge in [0.1, 0.15) is 18.8 Å².